The van der Waals surface area contributed by atoms with E-state index in [-0.39, 0.29) is 17.9 Å². The zero-order valence-corrected chi connectivity index (χ0v) is 16.9. The van der Waals surface area contributed by atoms with Gasteiger partial charge in [-0.15, -0.1) is 0 Å². The molecule has 1 spiro atoms. The zero-order valence-electron chi connectivity index (χ0n) is 16.9. The SMILES string of the molecule is COc1cccc(CN2C[C@@]34C=C[C@@H](O3)C(C(=O)N(C)Cc3ccno3)C4C2=O)c1. The van der Waals surface area contributed by atoms with Crippen LogP contribution in [0.25, 0.3) is 0 Å². The lowest BCUT2D eigenvalue weighted by molar-refractivity contribution is -0.143. The Kier molecular flexibility index (Phi) is 4.39. The molecular weight excluding hydrogens is 386 g/mol. The maximum atomic E-state index is 13.4. The molecule has 3 aliphatic heterocycles. The van der Waals surface area contributed by atoms with Gasteiger partial charge in [0.05, 0.1) is 44.3 Å². The van der Waals surface area contributed by atoms with Gasteiger partial charge in [0.15, 0.2) is 5.76 Å². The van der Waals surface area contributed by atoms with Crippen LogP contribution in [0, 0.1) is 11.8 Å². The number of carbonyl (C=O) groups is 2. The van der Waals surface area contributed by atoms with Crippen LogP contribution in [0.5, 0.6) is 5.75 Å². The smallest absolute Gasteiger partial charge is 0.230 e. The first-order valence-corrected chi connectivity index (χ1v) is 9.94. The van der Waals surface area contributed by atoms with Gasteiger partial charge >= 0.3 is 0 Å². The van der Waals surface area contributed by atoms with Crippen LogP contribution in [0.1, 0.15) is 11.3 Å². The highest BCUT2D eigenvalue weighted by Gasteiger charge is 2.67. The van der Waals surface area contributed by atoms with Crippen molar-refractivity contribution in [1.29, 1.82) is 0 Å². The normalized spacial score (nSPS) is 28.8. The van der Waals surface area contributed by atoms with E-state index in [1.807, 2.05) is 36.4 Å². The highest BCUT2D eigenvalue weighted by atomic mass is 16.5. The molecule has 4 atom stereocenters. The largest absolute Gasteiger partial charge is 0.497 e. The number of carbonyl (C=O) groups excluding carboxylic acids is 2. The van der Waals surface area contributed by atoms with Crippen molar-refractivity contribution >= 4 is 11.8 Å². The summed E-state index contributed by atoms with van der Waals surface area (Å²) in [7, 11) is 3.33. The molecule has 2 fully saturated rings. The number of hydrogen-bond acceptors (Lipinski definition) is 6. The van der Waals surface area contributed by atoms with E-state index < -0.39 is 17.4 Å². The van der Waals surface area contributed by atoms with Gasteiger partial charge in [0.25, 0.3) is 0 Å². The quantitative estimate of drug-likeness (QED) is 0.674. The Morgan fingerprint density at radius 2 is 2.27 bits per heavy atom. The van der Waals surface area contributed by atoms with E-state index in [0.29, 0.717) is 25.4 Å². The monoisotopic (exact) mass is 409 g/mol. The molecule has 2 amide bonds. The predicted molar refractivity (Wildman–Crippen MR) is 105 cm³/mol. The molecule has 2 aromatic rings. The molecule has 0 radical (unpaired) electrons. The number of hydrogen-bond donors (Lipinski definition) is 0. The lowest BCUT2D eigenvalue weighted by Crippen LogP contribution is -2.44. The van der Waals surface area contributed by atoms with E-state index in [0.717, 1.165) is 11.3 Å². The van der Waals surface area contributed by atoms with Gasteiger partial charge in [-0.1, -0.05) is 29.4 Å². The minimum absolute atomic E-state index is 0.0453. The average molecular weight is 409 g/mol. The van der Waals surface area contributed by atoms with Crippen molar-refractivity contribution in [3.8, 4) is 5.75 Å². The summed E-state index contributed by atoms with van der Waals surface area (Å²) >= 11 is 0. The summed E-state index contributed by atoms with van der Waals surface area (Å²) in [5, 5.41) is 3.68. The molecule has 8 heteroatoms. The fraction of sp³-hybridized carbons (Fsp3) is 0.409. The third-order valence-electron chi connectivity index (χ3n) is 6.23. The van der Waals surface area contributed by atoms with Crippen molar-refractivity contribution < 1.29 is 23.6 Å². The molecule has 156 valence electrons. The van der Waals surface area contributed by atoms with E-state index >= 15 is 0 Å². The number of ether oxygens (including phenoxy) is 2. The van der Waals surface area contributed by atoms with Gasteiger partial charge in [-0.3, -0.25) is 9.59 Å². The van der Waals surface area contributed by atoms with E-state index in [9.17, 15) is 9.59 Å². The summed E-state index contributed by atoms with van der Waals surface area (Å²) in [4.78, 5) is 30.0. The Bertz CT molecular complexity index is 1000. The Morgan fingerprint density at radius 1 is 1.40 bits per heavy atom. The number of benzene rings is 1. The summed E-state index contributed by atoms with van der Waals surface area (Å²) in [6.45, 7) is 1.19. The number of amides is 2. The van der Waals surface area contributed by atoms with Crippen LogP contribution in [-0.2, 0) is 27.4 Å². The topological polar surface area (TPSA) is 85.1 Å². The number of aromatic nitrogens is 1. The molecule has 1 aromatic heterocycles. The minimum atomic E-state index is -0.728. The number of methoxy groups -OCH3 is 1. The molecule has 8 nitrogen and oxygen atoms in total. The third kappa shape index (κ3) is 2.90. The lowest BCUT2D eigenvalue weighted by Gasteiger charge is -2.27. The average Bonchev–Trinajstić information content (AvgIpc) is 3.51. The van der Waals surface area contributed by atoms with Gasteiger partial charge in [0.1, 0.15) is 11.4 Å². The molecular formula is C22H23N3O5. The van der Waals surface area contributed by atoms with E-state index in [1.54, 1.807) is 36.2 Å². The third-order valence-corrected chi connectivity index (χ3v) is 6.23. The Labute approximate surface area is 174 Å². The molecule has 30 heavy (non-hydrogen) atoms. The summed E-state index contributed by atoms with van der Waals surface area (Å²) in [6, 6.07) is 9.37. The Balaban J connectivity index is 1.36. The van der Waals surface area contributed by atoms with Crippen molar-refractivity contribution in [3.05, 3.63) is 60.0 Å². The molecule has 0 saturated carbocycles. The second-order valence-corrected chi connectivity index (χ2v) is 8.12. The summed E-state index contributed by atoms with van der Waals surface area (Å²) < 4.78 is 16.6. The number of likely N-dealkylation sites (tertiary alicyclic amines) is 1. The van der Waals surface area contributed by atoms with Gasteiger partial charge in [-0.25, -0.2) is 0 Å². The highest BCUT2D eigenvalue weighted by Crippen LogP contribution is 2.52. The summed E-state index contributed by atoms with van der Waals surface area (Å²) in [5.74, 6) is 0.128. The van der Waals surface area contributed by atoms with Crippen molar-refractivity contribution in [1.82, 2.24) is 15.0 Å². The van der Waals surface area contributed by atoms with Gasteiger partial charge in [-0.2, -0.15) is 0 Å². The molecule has 2 bridgehead atoms. The lowest BCUT2D eigenvalue weighted by atomic mass is 9.76. The fourth-order valence-electron chi connectivity index (χ4n) is 4.88. The van der Waals surface area contributed by atoms with Crippen molar-refractivity contribution in [3.63, 3.8) is 0 Å². The first-order valence-electron chi connectivity index (χ1n) is 9.94. The van der Waals surface area contributed by atoms with Gasteiger partial charge in [0, 0.05) is 19.7 Å². The number of nitrogens with zero attached hydrogens (tertiary/aromatic N) is 3. The van der Waals surface area contributed by atoms with E-state index in [2.05, 4.69) is 5.16 Å². The molecule has 4 heterocycles. The van der Waals surface area contributed by atoms with Crippen molar-refractivity contribution in [2.75, 3.05) is 20.7 Å². The van der Waals surface area contributed by atoms with Gasteiger partial charge < -0.3 is 23.8 Å². The molecule has 0 N–H and O–H groups in total. The molecule has 2 saturated heterocycles. The Morgan fingerprint density at radius 3 is 3.03 bits per heavy atom. The van der Waals surface area contributed by atoms with Crippen molar-refractivity contribution in [2.45, 2.75) is 24.8 Å². The molecule has 5 rings (SSSR count). The molecule has 3 aliphatic rings. The van der Waals surface area contributed by atoms with Gasteiger partial charge in [-0.05, 0) is 17.7 Å². The summed E-state index contributed by atoms with van der Waals surface area (Å²) in [6.07, 6.45) is 5.06. The fourth-order valence-corrected chi connectivity index (χ4v) is 4.88. The second-order valence-electron chi connectivity index (χ2n) is 8.12. The van der Waals surface area contributed by atoms with Crippen LogP contribution in [0.3, 0.4) is 0 Å². The van der Waals surface area contributed by atoms with Crippen LogP contribution in [-0.4, -0.2) is 59.2 Å². The number of rotatable bonds is 6. The zero-order chi connectivity index (χ0) is 20.9. The van der Waals surface area contributed by atoms with E-state index in [1.165, 1.54) is 0 Å². The Hall–Kier alpha value is -3.13. The van der Waals surface area contributed by atoms with Crippen LogP contribution in [0.15, 0.2) is 53.2 Å². The minimum Gasteiger partial charge on any atom is -0.497 e. The maximum absolute atomic E-state index is 13.4. The first kappa shape index (κ1) is 18.9. The van der Waals surface area contributed by atoms with Crippen LogP contribution in [0.4, 0.5) is 0 Å². The predicted octanol–water partition coefficient (Wildman–Crippen LogP) is 1.62. The molecule has 2 unspecified atom stereocenters. The highest BCUT2D eigenvalue weighted by molar-refractivity contribution is 5.93. The summed E-state index contributed by atoms with van der Waals surface area (Å²) in [5.41, 5.74) is 0.247. The van der Waals surface area contributed by atoms with Gasteiger partial charge in [0.2, 0.25) is 11.8 Å². The standard InChI is InChI=1S/C22H23N3O5/c1-24(12-16-7-9-23-30-16)20(26)18-17-6-8-22(29-17)13-25(21(27)19(18)22)11-14-4-3-5-15(10-14)28-2/h3-10,17-19H,11-13H2,1-2H3/t17-,18?,19?,22-/m1/s1. The van der Waals surface area contributed by atoms with Crippen LogP contribution in [0.2, 0.25) is 0 Å². The second kappa shape index (κ2) is 6.98. The molecule has 1 aromatic carbocycles. The number of fused-ring (bicyclic) bond motifs is 1. The first-order chi connectivity index (χ1) is 14.5. The van der Waals surface area contributed by atoms with Crippen molar-refractivity contribution in [2.24, 2.45) is 11.8 Å². The maximum Gasteiger partial charge on any atom is 0.230 e. The molecule has 0 aliphatic carbocycles. The van der Waals surface area contributed by atoms with Crippen LogP contribution < -0.4 is 4.74 Å². The van der Waals surface area contributed by atoms with E-state index in [4.69, 9.17) is 14.0 Å². The van der Waals surface area contributed by atoms with Crippen LogP contribution >= 0.6 is 0 Å².